The van der Waals surface area contributed by atoms with Gasteiger partial charge in [0.15, 0.2) is 0 Å². The Balaban J connectivity index is 2.57. The Morgan fingerprint density at radius 1 is 1.45 bits per heavy atom. The van der Waals surface area contributed by atoms with Crippen molar-refractivity contribution in [3.05, 3.63) is 29.3 Å². The second kappa shape index (κ2) is 7.87. The van der Waals surface area contributed by atoms with Crippen LogP contribution in [0.1, 0.15) is 20.3 Å². The zero-order valence-electron chi connectivity index (χ0n) is 11.6. The maximum absolute atomic E-state index is 11.9. The molecule has 0 heterocycles. The number of carboxylic acid groups (broad SMARTS) is 1. The number of hydrogen-bond donors (Lipinski definition) is 2. The van der Waals surface area contributed by atoms with Gasteiger partial charge in [-0.1, -0.05) is 24.6 Å². The van der Waals surface area contributed by atoms with Gasteiger partial charge in [-0.15, -0.1) is 0 Å². The zero-order valence-corrected chi connectivity index (χ0v) is 12.4. The SMILES string of the molecule is CCN(CC(=O)Nc1cccc(Cl)c1)C(C)CC(=O)O. The summed E-state index contributed by atoms with van der Waals surface area (Å²) in [5.41, 5.74) is 0.629. The van der Waals surface area contributed by atoms with Gasteiger partial charge in [-0.3, -0.25) is 14.5 Å². The first-order valence-electron chi connectivity index (χ1n) is 6.43. The smallest absolute Gasteiger partial charge is 0.304 e. The summed E-state index contributed by atoms with van der Waals surface area (Å²) in [5.74, 6) is -1.06. The van der Waals surface area contributed by atoms with Gasteiger partial charge in [-0.25, -0.2) is 0 Å². The van der Waals surface area contributed by atoms with E-state index in [1.165, 1.54) is 0 Å². The molecule has 0 aliphatic carbocycles. The number of carbonyl (C=O) groups excluding carboxylic acids is 1. The van der Waals surface area contributed by atoms with Crippen molar-refractivity contribution < 1.29 is 14.7 Å². The van der Waals surface area contributed by atoms with Gasteiger partial charge in [0.1, 0.15) is 0 Å². The van der Waals surface area contributed by atoms with Gasteiger partial charge in [0, 0.05) is 16.8 Å². The Morgan fingerprint density at radius 2 is 2.15 bits per heavy atom. The van der Waals surface area contributed by atoms with Crippen LogP contribution in [0.15, 0.2) is 24.3 Å². The maximum atomic E-state index is 11.9. The molecule has 110 valence electrons. The number of likely N-dealkylation sites (N-methyl/N-ethyl adjacent to an activating group) is 1. The van der Waals surface area contributed by atoms with Gasteiger partial charge in [-0.05, 0) is 31.7 Å². The molecule has 0 aliphatic rings. The van der Waals surface area contributed by atoms with E-state index in [0.29, 0.717) is 17.3 Å². The molecule has 6 heteroatoms. The number of amides is 1. The largest absolute Gasteiger partial charge is 0.481 e. The minimum absolute atomic E-state index is 0.0122. The van der Waals surface area contributed by atoms with Crippen LogP contribution >= 0.6 is 11.6 Å². The summed E-state index contributed by atoms with van der Waals surface area (Å²) in [6.07, 6.45) is 0.0122. The summed E-state index contributed by atoms with van der Waals surface area (Å²) in [6.45, 7) is 4.45. The Labute approximate surface area is 123 Å². The van der Waals surface area contributed by atoms with E-state index in [0.717, 1.165) is 0 Å². The molecule has 1 atom stereocenters. The van der Waals surface area contributed by atoms with Crippen molar-refractivity contribution in [1.82, 2.24) is 4.90 Å². The second-order valence-corrected chi connectivity index (χ2v) is 5.00. The van der Waals surface area contributed by atoms with E-state index in [1.54, 1.807) is 31.2 Å². The highest BCUT2D eigenvalue weighted by Crippen LogP contribution is 2.15. The number of hydrogen-bond acceptors (Lipinski definition) is 3. The number of aliphatic carboxylic acids is 1. The molecule has 0 radical (unpaired) electrons. The van der Waals surface area contributed by atoms with Crippen molar-refractivity contribution >= 4 is 29.2 Å². The molecule has 2 N–H and O–H groups in total. The molecule has 1 aromatic carbocycles. The monoisotopic (exact) mass is 298 g/mol. The molecule has 1 unspecified atom stereocenters. The summed E-state index contributed by atoms with van der Waals surface area (Å²) in [6, 6.07) is 6.70. The van der Waals surface area contributed by atoms with Crippen LogP contribution in [-0.4, -0.2) is 41.0 Å². The standard InChI is InChI=1S/C14H19ClN2O3/c1-3-17(10(2)7-14(19)20)9-13(18)16-12-6-4-5-11(15)8-12/h4-6,8,10H,3,7,9H2,1-2H3,(H,16,18)(H,19,20). The van der Waals surface area contributed by atoms with Crippen molar-refractivity contribution in [1.29, 1.82) is 0 Å². The molecule has 0 saturated carbocycles. The molecule has 0 bridgehead atoms. The average molecular weight is 299 g/mol. The fourth-order valence-electron chi connectivity index (χ4n) is 1.91. The molecule has 0 aromatic heterocycles. The van der Waals surface area contributed by atoms with Crippen molar-refractivity contribution in [2.45, 2.75) is 26.3 Å². The number of halogens is 1. The first kappa shape index (κ1) is 16.5. The molecular weight excluding hydrogens is 280 g/mol. The van der Waals surface area contributed by atoms with Crippen LogP contribution in [0.5, 0.6) is 0 Å². The van der Waals surface area contributed by atoms with Crippen LogP contribution in [-0.2, 0) is 9.59 Å². The van der Waals surface area contributed by atoms with Crippen LogP contribution < -0.4 is 5.32 Å². The highest BCUT2D eigenvalue weighted by atomic mass is 35.5. The second-order valence-electron chi connectivity index (χ2n) is 4.57. The molecule has 1 rings (SSSR count). The van der Waals surface area contributed by atoms with Crippen molar-refractivity contribution in [3.8, 4) is 0 Å². The van der Waals surface area contributed by atoms with E-state index < -0.39 is 5.97 Å². The predicted molar refractivity (Wildman–Crippen MR) is 79.0 cm³/mol. The lowest BCUT2D eigenvalue weighted by Gasteiger charge is -2.25. The molecule has 0 fully saturated rings. The maximum Gasteiger partial charge on any atom is 0.304 e. The van der Waals surface area contributed by atoms with E-state index in [-0.39, 0.29) is 24.9 Å². The highest BCUT2D eigenvalue weighted by molar-refractivity contribution is 6.30. The van der Waals surface area contributed by atoms with Crippen LogP contribution in [0.25, 0.3) is 0 Å². The van der Waals surface area contributed by atoms with Gasteiger partial charge >= 0.3 is 5.97 Å². The van der Waals surface area contributed by atoms with E-state index in [9.17, 15) is 9.59 Å². The van der Waals surface area contributed by atoms with Crippen molar-refractivity contribution in [2.24, 2.45) is 0 Å². The molecule has 1 aromatic rings. The first-order valence-corrected chi connectivity index (χ1v) is 6.81. The molecule has 1 amide bonds. The van der Waals surface area contributed by atoms with Gasteiger partial charge < -0.3 is 10.4 Å². The number of nitrogens with zero attached hydrogens (tertiary/aromatic N) is 1. The van der Waals surface area contributed by atoms with E-state index >= 15 is 0 Å². The molecular formula is C14H19ClN2O3. The number of nitrogens with one attached hydrogen (secondary N) is 1. The molecule has 0 saturated heterocycles. The van der Waals surface area contributed by atoms with Crippen LogP contribution in [0.4, 0.5) is 5.69 Å². The van der Waals surface area contributed by atoms with Gasteiger partial charge in [0.25, 0.3) is 0 Å². The van der Waals surface area contributed by atoms with E-state index in [4.69, 9.17) is 16.7 Å². The number of carboxylic acids is 1. The fourth-order valence-corrected chi connectivity index (χ4v) is 2.10. The lowest BCUT2D eigenvalue weighted by atomic mass is 10.2. The number of rotatable bonds is 7. The quantitative estimate of drug-likeness (QED) is 0.811. The summed E-state index contributed by atoms with van der Waals surface area (Å²) < 4.78 is 0. The molecule has 0 spiro atoms. The minimum atomic E-state index is -0.869. The highest BCUT2D eigenvalue weighted by Gasteiger charge is 2.18. The third-order valence-corrected chi connectivity index (χ3v) is 3.19. The normalized spacial score (nSPS) is 12.2. The Kier molecular flexibility index (Phi) is 6.48. The molecule has 0 aliphatic heterocycles. The summed E-state index contributed by atoms with van der Waals surface area (Å²) in [4.78, 5) is 24.5. The fraction of sp³-hybridized carbons (Fsp3) is 0.429. The summed E-state index contributed by atoms with van der Waals surface area (Å²) in [5, 5.41) is 12.1. The zero-order chi connectivity index (χ0) is 15.1. The van der Waals surface area contributed by atoms with Gasteiger partial charge in [0.05, 0.1) is 13.0 Å². The Hall–Kier alpha value is -1.59. The lowest BCUT2D eigenvalue weighted by molar-refractivity contribution is -0.138. The van der Waals surface area contributed by atoms with Gasteiger partial charge in [0.2, 0.25) is 5.91 Å². The van der Waals surface area contributed by atoms with E-state index in [2.05, 4.69) is 5.32 Å². The third kappa shape index (κ3) is 5.59. The van der Waals surface area contributed by atoms with Crippen LogP contribution in [0.2, 0.25) is 5.02 Å². The van der Waals surface area contributed by atoms with Gasteiger partial charge in [-0.2, -0.15) is 0 Å². The van der Waals surface area contributed by atoms with Crippen molar-refractivity contribution in [2.75, 3.05) is 18.4 Å². The molecule has 20 heavy (non-hydrogen) atoms. The summed E-state index contributed by atoms with van der Waals surface area (Å²) in [7, 11) is 0. The lowest BCUT2D eigenvalue weighted by Crippen LogP contribution is -2.40. The van der Waals surface area contributed by atoms with Crippen LogP contribution in [0.3, 0.4) is 0 Å². The predicted octanol–water partition coefficient (Wildman–Crippen LogP) is 2.46. The minimum Gasteiger partial charge on any atom is -0.481 e. The van der Waals surface area contributed by atoms with Crippen LogP contribution in [0, 0.1) is 0 Å². The summed E-state index contributed by atoms with van der Waals surface area (Å²) >= 11 is 5.84. The number of anilines is 1. The molecule has 5 nitrogen and oxygen atoms in total. The first-order chi connectivity index (χ1) is 9.42. The Bertz CT molecular complexity index is 479. The number of benzene rings is 1. The average Bonchev–Trinajstić information content (AvgIpc) is 2.34. The van der Waals surface area contributed by atoms with Crippen molar-refractivity contribution in [3.63, 3.8) is 0 Å². The topological polar surface area (TPSA) is 69.6 Å². The third-order valence-electron chi connectivity index (χ3n) is 2.95. The Morgan fingerprint density at radius 3 is 2.70 bits per heavy atom. The number of carbonyl (C=O) groups is 2. The van der Waals surface area contributed by atoms with E-state index in [1.807, 2.05) is 11.8 Å².